The number of ether oxygens (including phenoxy) is 1. The van der Waals surface area contributed by atoms with Gasteiger partial charge in [0.1, 0.15) is 17.9 Å². The monoisotopic (exact) mass is 537 g/mol. The van der Waals surface area contributed by atoms with Gasteiger partial charge in [0.2, 0.25) is 0 Å². The van der Waals surface area contributed by atoms with Gasteiger partial charge in [-0.3, -0.25) is 4.98 Å². The molecule has 5 rings (SSSR count). The molecule has 0 radical (unpaired) electrons. The zero-order valence-electron chi connectivity index (χ0n) is 19.6. The molecule has 1 N–H and O–H groups in total. The van der Waals surface area contributed by atoms with Crippen LogP contribution in [0.2, 0.25) is 5.02 Å². The van der Waals surface area contributed by atoms with Crippen molar-refractivity contribution < 1.29 is 27.8 Å². The fourth-order valence-corrected chi connectivity index (χ4v) is 4.29. The topological polar surface area (TPSA) is 77.2 Å². The number of pyridine rings is 1. The van der Waals surface area contributed by atoms with Crippen molar-refractivity contribution in [2.45, 2.75) is 19.3 Å². The summed E-state index contributed by atoms with van der Waals surface area (Å²) in [5.74, 6) is -0.719. The molecular formula is C28H19ClF3N3O3. The number of halogens is 4. The number of carboxylic acids is 1. The Kier molecular flexibility index (Phi) is 6.77. The highest BCUT2D eigenvalue weighted by Crippen LogP contribution is 2.35. The predicted octanol–water partition coefficient (Wildman–Crippen LogP) is 7.10. The van der Waals surface area contributed by atoms with Gasteiger partial charge in [0, 0.05) is 12.7 Å². The minimum absolute atomic E-state index is 0.0442. The molecule has 0 bridgehead atoms. The normalized spacial score (nSPS) is 11.6. The van der Waals surface area contributed by atoms with Crippen LogP contribution in [-0.2, 0) is 19.3 Å². The minimum atomic E-state index is -4.51. The molecule has 0 aliphatic carbocycles. The van der Waals surface area contributed by atoms with E-state index in [4.69, 9.17) is 21.4 Å². The van der Waals surface area contributed by atoms with Crippen LogP contribution in [0.5, 0.6) is 5.75 Å². The van der Waals surface area contributed by atoms with Gasteiger partial charge in [0.25, 0.3) is 0 Å². The Hall–Kier alpha value is -4.37. The van der Waals surface area contributed by atoms with Crippen LogP contribution in [0.1, 0.15) is 27.0 Å². The molecule has 0 saturated carbocycles. The Bertz CT molecular complexity index is 1630. The van der Waals surface area contributed by atoms with Crippen molar-refractivity contribution >= 4 is 28.6 Å². The third-order valence-electron chi connectivity index (χ3n) is 5.94. The van der Waals surface area contributed by atoms with E-state index in [9.17, 15) is 18.0 Å². The third kappa shape index (κ3) is 5.47. The summed E-state index contributed by atoms with van der Waals surface area (Å²) in [4.78, 5) is 19.2. The number of aromatic nitrogens is 3. The van der Waals surface area contributed by atoms with Gasteiger partial charge < -0.3 is 14.4 Å². The number of alkyl halides is 3. The summed E-state index contributed by atoms with van der Waals surface area (Å²) >= 11 is 6.07. The fraction of sp³-hybridized carbons (Fsp3) is 0.107. The van der Waals surface area contributed by atoms with E-state index in [1.165, 1.54) is 24.8 Å². The molecule has 6 nitrogen and oxygen atoms in total. The van der Waals surface area contributed by atoms with Crippen molar-refractivity contribution in [3.63, 3.8) is 0 Å². The summed E-state index contributed by atoms with van der Waals surface area (Å²) in [6.07, 6.45) is -0.320. The lowest BCUT2D eigenvalue weighted by Crippen LogP contribution is -2.06. The first kappa shape index (κ1) is 25.3. The second kappa shape index (κ2) is 10.2. The molecule has 2 aromatic heterocycles. The predicted molar refractivity (Wildman–Crippen MR) is 136 cm³/mol. The van der Waals surface area contributed by atoms with Crippen molar-refractivity contribution in [2.75, 3.05) is 0 Å². The number of carboxylic acid groups (broad SMARTS) is 1. The zero-order valence-corrected chi connectivity index (χ0v) is 20.4. The van der Waals surface area contributed by atoms with Gasteiger partial charge >= 0.3 is 12.1 Å². The molecule has 3 aromatic carbocycles. The number of carbonyl (C=O) groups is 1. The number of fused-ring (bicyclic) bond motifs is 1. The summed E-state index contributed by atoms with van der Waals surface area (Å²) in [5.41, 5.74) is 3.50. The summed E-state index contributed by atoms with van der Waals surface area (Å²) in [7, 11) is 0. The van der Waals surface area contributed by atoms with Crippen molar-refractivity contribution in [3.05, 3.63) is 113 Å². The zero-order chi connectivity index (χ0) is 26.9. The van der Waals surface area contributed by atoms with Crippen LogP contribution >= 0.6 is 11.6 Å². The van der Waals surface area contributed by atoms with E-state index in [1.807, 2.05) is 48.5 Å². The second-order valence-corrected chi connectivity index (χ2v) is 9.00. The third-order valence-corrected chi connectivity index (χ3v) is 6.23. The van der Waals surface area contributed by atoms with E-state index in [0.717, 1.165) is 34.4 Å². The SMILES string of the molecule is O=C(O)c1cncc(OCc2ccc(-c3cccc(Cn4cnc5c(Cl)cc(C(F)(F)F)cc54)c3)cc2)c1. The Balaban J connectivity index is 1.32. The standard InChI is InChI=1S/C28H19ClF3N3O3/c29-24-10-22(28(30,31)32)11-25-26(24)34-16-35(25)14-18-2-1-3-20(8-18)19-6-4-17(5-7-19)15-38-23-9-21(27(36)37)12-33-13-23/h1-13,16H,14-15H2,(H,36,37). The van der Waals surface area contributed by atoms with Crippen LogP contribution < -0.4 is 4.74 Å². The molecule has 10 heteroatoms. The lowest BCUT2D eigenvalue weighted by Gasteiger charge is -2.11. The lowest BCUT2D eigenvalue weighted by atomic mass is 10.0. The Morgan fingerprint density at radius 2 is 1.76 bits per heavy atom. The van der Waals surface area contributed by atoms with Gasteiger partial charge in [-0.05, 0) is 46.5 Å². The van der Waals surface area contributed by atoms with Crippen molar-refractivity contribution in [2.24, 2.45) is 0 Å². The molecule has 38 heavy (non-hydrogen) atoms. The molecule has 0 aliphatic rings. The minimum Gasteiger partial charge on any atom is -0.487 e. The smallest absolute Gasteiger partial charge is 0.416 e. The summed E-state index contributed by atoms with van der Waals surface area (Å²) < 4.78 is 47.2. The first-order valence-corrected chi connectivity index (χ1v) is 11.8. The highest BCUT2D eigenvalue weighted by atomic mass is 35.5. The van der Waals surface area contributed by atoms with E-state index in [-0.39, 0.29) is 17.2 Å². The van der Waals surface area contributed by atoms with E-state index in [0.29, 0.717) is 23.3 Å². The Labute approximate surface area is 219 Å². The maximum atomic E-state index is 13.3. The van der Waals surface area contributed by atoms with Gasteiger partial charge in [0.05, 0.1) is 34.2 Å². The van der Waals surface area contributed by atoms with Gasteiger partial charge in [0.15, 0.2) is 0 Å². The largest absolute Gasteiger partial charge is 0.487 e. The van der Waals surface area contributed by atoms with Gasteiger partial charge in [-0.25, -0.2) is 9.78 Å². The quantitative estimate of drug-likeness (QED) is 0.240. The number of benzene rings is 3. The van der Waals surface area contributed by atoms with Crippen LogP contribution in [0.15, 0.2) is 85.5 Å². The van der Waals surface area contributed by atoms with Crippen molar-refractivity contribution in [1.29, 1.82) is 0 Å². The average molecular weight is 538 g/mol. The van der Waals surface area contributed by atoms with E-state index in [1.54, 1.807) is 4.57 Å². The van der Waals surface area contributed by atoms with Gasteiger partial charge in [-0.1, -0.05) is 54.1 Å². The molecule has 0 atom stereocenters. The van der Waals surface area contributed by atoms with E-state index < -0.39 is 17.7 Å². The molecule has 0 aliphatic heterocycles. The molecule has 192 valence electrons. The van der Waals surface area contributed by atoms with Crippen molar-refractivity contribution in [3.8, 4) is 16.9 Å². The maximum absolute atomic E-state index is 13.3. The maximum Gasteiger partial charge on any atom is 0.416 e. The molecule has 5 aromatic rings. The fourth-order valence-electron chi connectivity index (χ4n) is 4.03. The van der Waals surface area contributed by atoms with Crippen LogP contribution in [0.3, 0.4) is 0 Å². The highest BCUT2D eigenvalue weighted by molar-refractivity contribution is 6.35. The summed E-state index contributed by atoms with van der Waals surface area (Å²) in [6, 6.07) is 18.7. The Morgan fingerprint density at radius 1 is 0.974 bits per heavy atom. The molecular weight excluding hydrogens is 519 g/mol. The Morgan fingerprint density at radius 3 is 2.50 bits per heavy atom. The first-order valence-electron chi connectivity index (χ1n) is 11.4. The van der Waals surface area contributed by atoms with Crippen LogP contribution in [0.4, 0.5) is 13.2 Å². The number of aromatic carboxylic acids is 1. The van der Waals surface area contributed by atoms with Crippen LogP contribution in [0.25, 0.3) is 22.2 Å². The summed E-state index contributed by atoms with van der Waals surface area (Å²) in [6.45, 7) is 0.554. The van der Waals surface area contributed by atoms with E-state index in [2.05, 4.69) is 9.97 Å². The molecule has 0 unspecified atom stereocenters. The number of hydrogen-bond acceptors (Lipinski definition) is 4. The lowest BCUT2D eigenvalue weighted by molar-refractivity contribution is -0.137. The van der Waals surface area contributed by atoms with Crippen LogP contribution in [-0.4, -0.2) is 25.6 Å². The number of hydrogen-bond donors (Lipinski definition) is 1. The van der Waals surface area contributed by atoms with Gasteiger partial charge in [-0.2, -0.15) is 13.2 Å². The summed E-state index contributed by atoms with van der Waals surface area (Å²) in [5, 5.41) is 9.03. The van der Waals surface area contributed by atoms with Crippen LogP contribution in [0, 0.1) is 0 Å². The number of nitrogens with zero attached hydrogens (tertiary/aromatic N) is 3. The van der Waals surface area contributed by atoms with Gasteiger partial charge in [-0.15, -0.1) is 0 Å². The van der Waals surface area contributed by atoms with E-state index >= 15 is 0 Å². The molecule has 0 spiro atoms. The molecule has 0 amide bonds. The second-order valence-electron chi connectivity index (χ2n) is 8.60. The first-order chi connectivity index (χ1) is 18.2. The molecule has 2 heterocycles. The molecule has 0 fully saturated rings. The highest BCUT2D eigenvalue weighted by Gasteiger charge is 2.32. The number of rotatable bonds is 7. The van der Waals surface area contributed by atoms with Crippen molar-refractivity contribution in [1.82, 2.24) is 14.5 Å². The molecule has 0 saturated heterocycles. The average Bonchev–Trinajstić information content (AvgIpc) is 3.31. The number of imidazole rings is 1.